The third kappa shape index (κ3) is 10.4. The number of esters is 2. The predicted molar refractivity (Wildman–Crippen MR) is 249 cm³/mol. The molecule has 2 saturated heterocycles. The average molecular weight is 933 g/mol. The van der Waals surface area contributed by atoms with Crippen molar-refractivity contribution in [2.75, 3.05) is 49.2 Å². The van der Waals surface area contributed by atoms with Gasteiger partial charge in [-0.05, 0) is 99.2 Å². The zero-order valence-electron chi connectivity index (χ0n) is 36.7. The van der Waals surface area contributed by atoms with Gasteiger partial charge in [0, 0.05) is 72.8 Å². The molecule has 66 heavy (non-hydrogen) atoms. The van der Waals surface area contributed by atoms with Crippen molar-refractivity contribution in [3.8, 4) is 0 Å². The Balaban J connectivity index is 0.967. The number of hydrogen-bond acceptors (Lipinski definition) is 12. The average Bonchev–Trinajstić information content (AvgIpc) is 3.99. The normalized spacial score (nSPS) is 16.0. The summed E-state index contributed by atoms with van der Waals surface area (Å²) in [6.45, 7) is 5.78. The number of rotatable bonds is 14. The minimum Gasteiger partial charge on any atom is -0.447 e. The van der Waals surface area contributed by atoms with Gasteiger partial charge in [0.15, 0.2) is 13.2 Å². The number of thiazole rings is 2. The molecule has 4 heterocycles. The molecule has 2 fully saturated rings. The second kappa shape index (κ2) is 20.5. The van der Waals surface area contributed by atoms with E-state index in [1.807, 2.05) is 61.0 Å². The molecule has 2 aromatic heterocycles. The van der Waals surface area contributed by atoms with Gasteiger partial charge < -0.3 is 9.47 Å². The number of ether oxygens (including phenoxy) is 2. The lowest BCUT2D eigenvalue weighted by atomic mass is 9.85. The highest BCUT2D eigenvalue weighted by Gasteiger charge is 2.49. The van der Waals surface area contributed by atoms with Crippen LogP contribution in [0.1, 0.15) is 58.2 Å². The second-order valence-corrected chi connectivity index (χ2v) is 18.5. The number of halogens is 2. The van der Waals surface area contributed by atoms with E-state index in [1.54, 1.807) is 58.3 Å². The lowest BCUT2D eigenvalue weighted by molar-refractivity contribution is -0.169. The summed E-state index contributed by atoms with van der Waals surface area (Å²) < 4.78 is 38.1. The Bertz CT molecular complexity index is 2430. The smallest absolute Gasteiger partial charge is 0.418 e. The molecule has 342 valence electrons. The number of anilines is 2. The first-order valence-corrected chi connectivity index (χ1v) is 23.6. The summed E-state index contributed by atoms with van der Waals surface area (Å²) >= 11 is 2.90. The fourth-order valence-electron chi connectivity index (χ4n) is 8.98. The third-order valence-electron chi connectivity index (χ3n) is 12.2. The van der Waals surface area contributed by atoms with E-state index in [0.717, 1.165) is 32.5 Å². The summed E-state index contributed by atoms with van der Waals surface area (Å²) in [5.41, 5.74) is 2.84. The number of carbonyl (C=O) groups is 4. The van der Waals surface area contributed by atoms with Crippen LogP contribution >= 0.6 is 22.7 Å². The molecule has 0 N–H and O–H groups in total. The summed E-state index contributed by atoms with van der Waals surface area (Å²) in [4.78, 5) is 73.2. The maximum atomic E-state index is 14.5. The number of piperidine rings is 2. The van der Waals surface area contributed by atoms with E-state index < -0.39 is 48.0 Å². The van der Waals surface area contributed by atoms with Crippen LogP contribution in [0.15, 0.2) is 120 Å². The van der Waals surface area contributed by atoms with Crippen LogP contribution in [0.3, 0.4) is 0 Å². The highest BCUT2D eigenvalue weighted by atomic mass is 32.1. The van der Waals surface area contributed by atoms with Crippen molar-refractivity contribution in [2.45, 2.75) is 63.7 Å². The van der Waals surface area contributed by atoms with Crippen LogP contribution in [-0.2, 0) is 52.8 Å². The fourth-order valence-corrected chi connectivity index (χ4v) is 11.1. The van der Waals surface area contributed by atoms with Gasteiger partial charge in [-0.25, -0.2) is 28.3 Å². The van der Waals surface area contributed by atoms with Crippen molar-refractivity contribution in [1.29, 1.82) is 0 Å². The quantitative estimate of drug-likeness (QED) is 0.0778. The zero-order chi connectivity index (χ0) is 46.3. The lowest BCUT2D eigenvalue weighted by Gasteiger charge is -2.47. The monoisotopic (exact) mass is 932 g/mol. The van der Waals surface area contributed by atoms with Gasteiger partial charge in [0.25, 0.3) is 11.8 Å². The standard InChI is InChI=1S/C50H50F2N6O6S2/c1-35-33-65-47(53-35)49(21-25-55(26-22-49)29-37-13-17-39(51)18-14-37)57(41-9-5-3-6-10-41)43(59)31-63-45(61)46(62)64-32-44(60)58(42-11-7-4-8-12-42)50(48-54-36(2)34-66-48)23-27-56(28-24-50)30-38-15-19-40(52)20-16-38/h3-20,33-34H,21-32H2,1-2H3. The van der Waals surface area contributed by atoms with E-state index >= 15 is 0 Å². The summed E-state index contributed by atoms with van der Waals surface area (Å²) in [5.74, 6) is -4.57. The second-order valence-electron chi connectivity index (χ2n) is 16.7. The van der Waals surface area contributed by atoms with Gasteiger partial charge in [0.1, 0.15) is 32.7 Å². The SMILES string of the molecule is Cc1csc(C2(N(C(=O)COC(=O)C(=O)OCC(=O)N(c3ccccc3)C3(c4nc(C)cs4)CCN(Cc4ccc(F)cc4)CC3)c3ccccc3)CCN(Cc3ccc(F)cc3)CC2)n1. The molecule has 16 heteroatoms. The molecule has 2 aliphatic rings. The molecule has 4 aromatic carbocycles. The Morgan fingerprint density at radius 2 is 0.909 bits per heavy atom. The zero-order valence-corrected chi connectivity index (χ0v) is 38.4. The van der Waals surface area contributed by atoms with Crippen molar-refractivity contribution in [1.82, 2.24) is 19.8 Å². The van der Waals surface area contributed by atoms with Crippen LogP contribution in [0.5, 0.6) is 0 Å². The molecule has 6 aromatic rings. The summed E-state index contributed by atoms with van der Waals surface area (Å²) in [6, 6.07) is 31.0. The van der Waals surface area contributed by atoms with Crippen molar-refractivity contribution in [3.05, 3.63) is 164 Å². The molecule has 8 rings (SSSR count). The first kappa shape index (κ1) is 46.3. The van der Waals surface area contributed by atoms with Gasteiger partial charge >= 0.3 is 11.9 Å². The number of hydrogen-bond donors (Lipinski definition) is 0. The highest BCUT2D eigenvalue weighted by molar-refractivity contribution is 7.10. The van der Waals surface area contributed by atoms with E-state index in [2.05, 4.69) is 9.80 Å². The molecule has 0 atom stereocenters. The Hall–Kier alpha value is -6.20. The molecule has 12 nitrogen and oxygen atoms in total. The molecule has 0 aliphatic carbocycles. The van der Waals surface area contributed by atoms with E-state index in [9.17, 15) is 28.0 Å². The van der Waals surface area contributed by atoms with Gasteiger partial charge in [-0.3, -0.25) is 29.2 Å². The largest absolute Gasteiger partial charge is 0.447 e. The highest BCUT2D eigenvalue weighted by Crippen LogP contribution is 2.45. The summed E-state index contributed by atoms with van der Waals surface area (Å²) in [5, 5.41) is 5.33. The maximum Gasteiger partial charge on any atom is 0.418 e. The molecule has 0 spiro atoms. The maximum absolute atomic E-state index is 14.5. The number of aryl methyl sites for hydroxylation is 2. The molecular weight excluding hydrogens is 883 g/mol. The Labute approximate surface area is 390 Å². The summed E-state index contributed by atoms with van der Waals surface area (Å²) in [6.07, 6.45) is 1.97. The third-order valence-corrected chi connectivity index (χ3v) is 14.6. The predicted octanol–water partition coefficient (Wildman–Crippen LogP) is 8.33. The van der Waals surface area contributed by atoms with Crippen LogP contribution in [0.25, 0.3) is 0 Å². The van der Waals surface area contributed by atoms with E-state index in [4.69, 9.17) is 19.4 Å². The van der Waals surface area contributed by atoms with Gasteiger partial charge in [-0.1, -0.05) is 60.7 Å². The molecule has 2 amide bonds. The molecule has 0 saturated carbocycles. The molecular formula is C50H50F2N6O6S2. The number of likely N-dealkylation sites (tertiary alicyclic amines) is 2. The summed E-state index contributed by atoms with van der Waals surface area (Å²) in [7, 11) is 0. The molecule has 0 radical (unpaired) electrons. The van der Waals surface area contributed by atoms with Crippen molar-refractivity contribution < 1.29 is 37.4 Å². The lowest BCUT2D eigenvalue weighted by Crippen LogP contribution is -2.57. The van der Waals surface area contributed by atoms with Crippen molar-refractivity contribution in [3.63, 3.8) is 0 Å². The van der Waals surface area contributed by atoms with Crippen LogP contribution in [0.4, 0.5) is 20.2 Å². The molecule has 2 aliphatic heterocycles. The Morgan fingerprint density at radius 3 is 1.23 bits per heavy atom. The number of carbonyl (C=O) groups excluding carboxylic acids is 4. The van der Waals surface area contributed by atoms with Crippen molar-refractivity contribution in [2.24, 2.45) is 0 Å². The first-order valence-electron chi connectivity index (χ1n) is 21.8. The number of nitrogens with zero attached hydrogens (tertiary/aromatic N) is 6. The van der Waals surface area contributed by atoms with Crippen LogP contribution in [0.2, 0.25) is 0 Å². The Morgan fingerprint density at radius 1 is 0.561 bits per heavy atom. The molecule has 0 bridgehead atoms. The van der Waals surface area contributed by atoms with E-state index in [1.165, 1.54) is 46.9 Å². The minimum atomic E-state index is -1.41. The number of aromatic nitrogens is 2. The van der Waals surface area contributed by atoms with Gasteiger partial charge in [0.2, 0.25) is 0 Å². The number of amides is 2. The van der Waals surface area contributed by atoms with E-state index in [0.29, 0.717) is 76.3 Å². The van der Waals surface area contributed by atoms with Crippen LogP contribution in [0, 0.1) is 25.5 Å². The number of para-hydroxylation sites is 2. The van der Waals surface area contributed by atoms with Gasteiger partial charge in [-0.2, -0.15) is 0 Å². The minimum absolute atomic E-state index is 0.302. The van der Waals surface area contributed by atoms with Crippen LogP contribution < -0.4 is 9.80 Å². The fraction of sp³-hybridized carbons (Fsp3) is 0.320. The van der Waals surface area contributed by atoms with Crippen LogP contribution in [-0.4, -0.2) is 82.9 Å². The first-order chi connectivity index (χ1) is 31.9. The van der Waals surface area contributed by atoms with Crippen molar-refractivity contribution >= 4 is 57.8 Å². The molecule has 0 unspecified atom stereocenters. The van der Waals surface area contributed by atoms with E-state index in [-0.39, 0.29) is 11.6 Å². The van der Waals surface area contributed by atoms with Gasteiger partial charge in [-0.15, -0.1) is 22.7 Å². The topological polar surface area (TPSA) is 125 Å². The number of benzene rings is 4. The van der Waals surface area contributed by atoms with Gasteiger partial charge in [0.05, 0.1) is 0 Å². The Kier molecular flexibility index (Phi) is 14.4.